The molecule has 0 atom stereocenters. The summed E-state index contributed by atoms with van der Waals surface area (Å²) in [6, 6.07) is 1.94. The van der Waals surface area contributed by atoms with E-state index in [1.165, 1.54) is 0 Å². The highest BCUT2D eigenvalue weighted by Gasteiger charge is 2.17. The fourth-order valence-corrected chi connectivity index (χ4v) is 2.45. The molecule has 1 saturated heterocycles. The summed E-state index contributed by atoms with van der Waals surface area (Å²) in [5, 5.41) is 0. The van der Waals surface area contributed by atoms with Gasteiger partial charge < -0.3 is 14.0 Å². The van der Waals surface area contributed by atoms with Gasteiger partial charge in [0.05, 0.1) is 6.61 Å². The van der Waals surface area contributed by atoms with E-state index >= 15 is 0 Å². The van der Waals surface area contributed by atoms with E-state index in [-0.39, 0.29) is 12.4 Å². The van der Waals surface area contributed by atoms with E-state index in [9.17, 15) is 4.79 Å². The molecule has 2 rings (SSSR count). The van der Waals surface area contributed by atoms with Gasteiger partial charge in [0.25, 0.3) is 0 Å². The molecule has 1 aromatic rings. The second-order valence-corrected chi connectivity index (χ2v) is 5.34. The van der Waals surface area contributed by atoms with E-state index in [0.29, 0.717) is 12.5 Å². The molecule has 0 spiro atoms. The molecule has 0 bridgehead atoms. The van der Waals surface area contributed by atoms with Crippen LogP contribution in [-0.4, -0.2) is 36.8 Å². The fourth-order valence-electron chi connectivity index (χ4n) is 2.45. The van der Waals surface area contributed by atoms with E-state index < -0.39 is 0 Å². The summed E-state index contributed by atoms with van der Waals surface area (Å²) in [6.07, 6.45) is 2.08. The van der Waals surface area contributed by atoms with Gasteiger partial charge >= 0.3 is 0 Å². The number of aryl methyl sites for hydroxylation is 1. The number of Topliss-reactive ketones (excluding diaryl/α,β-unsaturated/α-hetero) is 1. The van der Waals surface area contributed by atoms with Crippen molar-refractivity contribution in [2.24, 2.45) is 13.0 Å². The quantitative estimate of drug-likeness (QED) is 0.767. The third-order valence-corrected chi connectivity index (χ3v) is 4.00. The zero-order chi connectivity index (χ0) is 13.8. The van der Waals surface area contributed by atoms with Crippen LogP contribution in [0.2, 0.25) is 0 Å². The smallest absolute Gasteiger partial charge is 0.190 e. The second-order valence-electron chi connectivity index (χ2n) is 5.34. The average molecular weight is 265 g/mol. The van der Waals surface area contributed by atoms with Crippen LogP contribution in [0.25, 0.3) is 0 Å². The summed E-state index contributed by atoms with van der Waals surface area (Å²) < 4.78 is 12.9. The number of carbonyl (C=O) groups is 1. The topological polar surface area (TPSA) is 40.5 Å². The number of hydrogen-bond acceptors (Lipinski definition) is 3. The Bertz CT molecular complexity index is 444. The van der Waals surface area contributed by atoms with Crippen LogP contribution in [0.3, 0.4) is 0 Å². The van der Waals surface area contributed by atoms with Crippen molar-refractivity contribution in [2.75, 3.05) is 26.4 Å². The monoisotopic (exact) mass is 265 g/mol. The summed E-state index contributed by atoms with van der Waals surface area (Å²) in [5.74, 6) is 0.619. The second kappa shape index (κ2) is 6.35. The number of aromatic nitrogens is 1. The van der Waals surface area contributed by atoms with Crippen LogP contribution >= 0.6 is 0 Å². The first-order valence-corrected chi connectivity index (χ1v) is 6.91. The van der Waals surface area contributed by atoms with Crippen molar-refractivity contribution in [2.45, 2.75) is 26.7 Å². The van der Waals surface area contributed by atoms with Gasteiger partial charge in [-0.25, -0.2) is 0 Å². The Hall–Kier alpha value is -1.13. The molecular weight excluding hydrogens is 242 g/mol. The highest BCUT2D eigenvalue weighted by molar-refractivity contribution is 5.98. The summed E-state index contributed by atoms with van der Waals surface area (Å²) in [4.78, 5) is 12.1. The standard InChI is InChI=1S/C15H23NO3/c1-11-8-14(12(2)16(11)3)15(17)10-19-9-13-4-6-18-7-5-13/h8,13H,4-7,9-10H2,1-3H3. The van der Waals surface area contributed by atoms with E-state index in [0.717, 1.165) is 43.0 Å². The molecular formula is C15H23NO3. The van der Waals surface area contributed by atoms with Gasteiger partial charge in [0.2, 0.25) is 0 Å². The molecule has 0 aromatic carbocycles. The molecule has 1 fully saturated rings. The van der Waals surface area contributed by atoms with E-state index in [1.54, 1.807) is 0 Å². The summed E-state index contributed by atoms with van der Waals surface area (Å²) in [5.41, 5.74) is 2.90. The predicted molar refractivity (Wildman–Crippen MR) is 73.6 cm³/mol. The molecule has 2 heterocycles. The van der Waals surface area contributed by atoms with Crippen LogP contribution in [0.15, 0.2) is 6.07 Å². The molecule has 1 aliphatic heterocycles. The summed E-state index contributed by atoms with van der Waals surface area (Å²) in [7, 11) is 1.98. The van der Waals surface area contributed by atoms with Crippen molar-refractivity contribution in [3.8, 4) is 0 Å². The first-order chi connectivity index (χ1) is 9.09. The molecule has 1 aromatic heterocycles. The lowest BCUT2D eigenvalue weighted by Crippen LogP contribution is -2.22. The maximum absolute atomic E-state index is 12.1. The largest absolute Gasteiger partial charge is 0.381 e. The minimum atomic E-state index is 0.0771. The molecule has 0 amide bonds. The number of carbonyl (C=O) groups excluding carboxylic acids is 1. The molecule has 1 aliphatic rings. The number of hydrogen-bond donors (Lipinski definition) is 0. The Balaban J connectivity index is 1.82. The maximum atomic E-state index is 12.1. The van der Waals surface area contributed by atoms with Crippen LogP contribution in [0, 0.1) is 19.8 Å². The average Bonchev–Trinajstić information content (AvgIpc) is 2.68. The Labute approximate surface area is 114 Å². The highest BCUT2D eigenvalue weighted by atomic mass is 16.5. The number of nitrogens with zero attached hydrogens (tertiary/aromatic N) is 1. The van der Waals surface area contributed by atoms with Gasteiger partial charge in [-0.3, -0.25) is 4.79 Å². The summed E-state index contributed by atoms with van der Waals surface area (Å²) >= 11 is 0. The predicted octanol–water partition coefficient (Wildman–Crippen LogP) is 2.27. The first kappa shape index (κ1) is 14.3. The Morgan fingerprint density at radius 3 is 2.68 bits per heavy atom. The van der Waals surface area contributed by atoms with Crippen molar-refractivity contribution in [3.05, 3.63) is 23.0 Å². The lowest BCUT2D eigenvalue weighted by molar-refractivity contribution is 0.0216. The molecule has 0 unspecified atom stereocenters. The minimum absolute atomic E-state index is 0.0771. The summed E-state index contributed by atoms with van der Waals surface area (Å²) in [6.45, 7) is 6.46. The van der Waals surface area contributed by atoms with Crippen LogP contribution < -0.4 is 0 Å². The molecule has 0 N–H and O–H groups in total. The molecule has 0 aliphatic carbocycles. The van der Waals surface area contributed by atoms with E-state index in [2.05, 4.69) is 0 Å². The molecule has 4 heteroatoms. The third kappa shape index (κ3) is 3.45. The van der Waals surface area contributed by atoms with Crippen LogP contribution in [0.5, 0.6) is 0 Å². The van der Waals surface area contributed by atoms with Gasteiger partial charge in [-0.15, -0.1) is 0 Å². The van der Waals surface area contributed by atoms with Gasteiger partial charge in [-0.2, -0.15) is 0 Å². The molecule has 106 valence electrons. The number of ether oxygens (including phenoxy) is 2. The molecule has 0 saturated carbocycles. The van der Waals surface area contributed by atoms with Crippen molar-refractivity contribution in [1.29, 1.82) is 0 Å². The highest BCUT2D eigenvalue weighted by Crippen LogP contribution is 2.16. The van der Waals surface area contributed by atoms with Crippen molar-refractivity contribution in [1.82, 2.24) is 4.57 Å². The first-order valence-electron chi connectivity index (χ1n) is 6.91. The van der Waals surface area contributed by atoms with E-state index in [1.807, 2.05) is 31.5 Å². The Morgan fingerprint density at radius 2 is 2.11 bits per heavy atom. The normalized spacial score (nSPS) is 16.8. The molecule has 4 nitrogen and oxygen atoms in total. The zero-order valence-corrected chi connectivity index (χ0v) is 12.1. The van der Waals surface area contributed by atoms with Crippen molar-refractivity contribution >= 4 is 5.78 Å². The lowest BCUT2D eigenvalue weighted by Gasteiger charge is -2.21. The maximum Gasteiger partial charge on any atom is 0.190 e. The van der Waals surface area contributed by atoms with Crippen molar-refractivity contribution in [3.63, 3.8) is 0 Å². The number of rotatable bonds is 5. The zero-order valence-electron chi connectivity index (χ0n) is 12.1. The van der Waals surface area contributed by atoms with Crippen LogP contribution in [-0.2, 0) is 16.5 Å². The van der Waals surface area contributed by atoms with Crippen LogP contribution in [0.1, 0.15) is 34.6 Å². The van der Waals surface area contributed by atoms with Gasteiger partial charge in [0, 0.05) is 37.2 Å². The van der Waals surface area contributed by atoms with Gasteiger partial charge in [0.15, 0.2) is 5.78 Å². The lowest BCUT2D eigenvalue weighted by atomic mass is 10.0. The fraction of sp³-hybridized carbons (Fsp3) is 0.667. The molecule has 19 heavy (non-hydrogen) atoms. The minimum Gasteiger partial charge on any atom is -0.381 e. The van der Waals surface area contributed by atoms with E-state index in [4.69, 9.17) is 9.47 Å². The van der Waals surface area contributed by atoms with Gasteiger partial charge in [-0.05, 0) is 38.7 Å². The van der Waals surface area contributed by atoms with Crippen LogP contribution in [0.4, 0.5) is 0 Å². The van der Waals surface area contributed by atoms with Gasteiger partial charge in [0.1, 0.15) is 6.61 Å². The number of ketones is 1. The molecule has 0 radical (unpaired) electrons. The SMILES string of the molecule is Cc1cc(C(=O)COCC2CCOCC2)c(C)n1C. The third-order valence-electron chi connectivity index (χ3n) is 4.00. The Kier molecular flexibility index (Phi) is 4.77. The van der Waals surface area contributed by atoms with Gasteiger partial charge in [-0.1, -0.05) is 0 Å². The van der Waals surface area contributed by atoms with Crippen molar-refractivity contribution < 1.29 is 14.3 Å². The Morgan fingerprint density at radius 1 is 1.42 bits per heavy atom.